The molecule has 0 aliphatic rings. The van der Waals surface area contributed by atoms with Crippen LogP contribution in [0.3, 0.4) is 0 Å². The summed E-state index contributed by atoms with van der Waals surface area (Å²) >= 11 is 0. The highest BCUT2D eigenvalue weighted by Gasteiger charge is 2.19. The van der Waals surface area contributed by atoms with Crippen LogP contribution in [0, 0.1) is 62.3 Å². The summed E-state index contributed by atoms with van der Waals surface area (Å²) < 4.78 is 4.72. The zero-order valence-electron chi connectivity index (χ0n) is 24.6. The summed E-state index contributed by atoms with van der Waals surface area (Å²) in [5, 5.41) is 2.63. The van der Waals surface area contributed by atoms with E-state index in [0.717, 1.165) is 11.4 Å². The topological polar surface area (TPSA) is 22.8 Å². The molecule has 6 rings (SSSR count). The lowest BCUT2D eigenvalue weighted by Gasteiger charge is -2.21. The van der Waals surface area contributed by atoms with E-state index >= 15 is 0 Å². The van der Waals surface area contributed by atoms with Gasteiger partial charge in [-0.15, -0.1) is 0 Å². The van der Waals surface area contributed by atoms with E-state index in [1.807, 2.05) is 6.20 Å². The van der Waals surface area contributed by atoms with Crippen molar-refractivity contribution >= 4 is 21.8 Å². The Balaban J connectivity index is 1.56. The molecule has 0 N–H and O–H groups in total. The third kappa shape index (κ3) is 3.75. The summed E-state index contributed by atoms with van der Waals surface area (Å²) in [7, 11) is 0. The number of hydrogen-bond donors (Lipinski definition) is 0. The highest BCUT2D eigenvalue weighted by atomic mass is 15.1. The zero-order valence-corrected chi connectivity index (χ0v) is 24.6. The second-order valence-corrected chi connectivity index (χ2v) is 11.4. The Bertz CT molecular complexity index is 1920. The van der Waals surface area contributed by atoms with Gasteiger partial charge in [0.2, 0.25) is 0 Å². The normalized spacial score (nSPS) is 11.7. The molecule has 196 valence electrons. The van der Waals surface area contributed by atoms with Gasteiger partial charge >= 0.3 is 0 Å². The first-order chi connectivity index (χ1) is 18.6. The van der Waals surface area contributed by atoms with Crippen LogP contribution in [0.5, 0.6) is 0 Å². The average Bonchev–Trinajstić information content (AvgIpc) is 3.50. The number of nitrogens with zero attached hydrogens (tertiary/aromatic N) is 3. The Labute approximate surface area is 231 Å². The monoisotopic (exact) mass is 511 g/mol. The van der Waals surface area contributed by atoms with Crippen molar-refractivity contribution in [2.75, 3.05) is 0 Å². The summed E-state index contributed by atoms with van der Waals surface area (Å²) in [6, 6.07) is 18.2. The van der Waals surface area contributed by atoms with Crippen LogP contribution in [0.2, 0.25) is 0 Å². The fourth-order valence-electron chi connectivity index (χ4n) is 6.48. The van der Waals surface area contributed by atoms with E-state index in [0.29, 0.717) is 0 Å². The van der Waals surface area contributed by atoms with Crippen molar-refractivity contribution in [3.05, 3.63) is 111 Å². The van der Waals surface area contributed by atoms with E-state index in [2.05, 4.69) is 126 Å². The summed E-state index contributed by atoms with van der Waals surface area (Å²) in [6.07, 6.45) is 4.02. The predicted octanol–water partition coefficient (Wildman–Crippen LogP) is 9.41. The van der Waals surface area contributed by atoms with Crippen molar-refractivity contribution in [2.24, 2.45) is 0 Å². The Morgan fingerprint density at radius 1 is 0.590 bits per heavy atom. The third-order valence-electron chi connectivity index (χ3n) is 8.89. The van der Waals surface area contributed by atoms with Crippen LogP contribution >= 0.6 is 0 Å². The Morgan fingerprint density at radius 3 is 1.95 bits per heavy atom. The van der Waals surface area contributed by atoms with Gasteiger partial charge < -0.3 is 4.57 Å². The maximum atomic E-state index is 4.85. The van der Waals surface area contributed by atoms with Crippen molar-refractivity contribution in [3.63, 3.8) is 0 Å². The molecule has 2 aromatic heterocycles. The van der Waals surface area contributed by atoms with Gasteiger partial charge in [0.15, 0.2) is 0 Å². The minimum absolute atomic E-state index is 0.975. The second kappa shape index (κ2) is 8.98. The number of imidazole rings is 1. The Hall–Kier alpha value is -4.11. The highest BCUT2D eigenvalue weighted by Crippen LogP contribution is 2.37. The quantitative estimate of drug-likeness (QED) is 0.232. The van der Waals surface area contributed by atoms with Gasteiger partial charge in [-0.05, 0) is 138 Å². The number of benzene rings is 4. The Morgan fingerprint density at radius 2 is 1.26 bits per heavy atom. The molecule has 2 heterocycles. The summed E-state index contributed by atoms with van der Waals surface area (Å²) in [5.74, 6) is 0.975. The standard InChI is InChI=1S/C36H37N3/c1-20-10-12-33-30(17-20)31-18-21(2)16-23(4)34(31)39(33)32-13-11-29(19-22(32)3)36-37-14-15-38(36)35-27(8)25(6)24(5)26(7)28(35)9/h10-19H,1-9H3. The molecule has 39 heavy (non-hydrogen) atoms. The number of rotatable bonds is 3. The maximum absolute atomic E-state index is 4.85. The molecule has 3 nitrogen and oxygen atoms in total. The molecule has 0 atom stereocenters. The summed E-state index contributed by atoms with van der Waals surface area (Å²) in [4.78, 5) is 4.85. The van der Waals surface area contributed by atoms with Gasteiger partial charge in [-0.3, -0.25) is 4.57 Å². The molecule has 0 aliphatic carbocycles. The molecule has 0 fully saturated rings. The molecular formula is C36H37N3. The van der Waals surface area contributed by atoms with Crippen LogP contribution in [-0.4, -0.2) is 14.1 Å². The molecule has 3 heteroatoms. The molecular weight excluding hydrogens is 474 g/mol. The molecule has 0 saturated carbocycles. The van der Waals surface area contributed by atoms with E-state index in [1.165, 1.54) is 83.3 Å². The van der Waals surface area contributed by atoms with E-state index in [-0.39, 0.29) is 0 Å². The van der Waals surface area contributed by atoms with E-state index in [9.17, 15) is 0 Å². The van der Waals surface area contributed by atoms with Crippen molar-refractivity contribution in [3.8, 4) is 22.8 Å². The SMILES string of the molecule is Cc1ccc2c(c1)c1cc(C)cc(C)c1n2-c1ccc(-c2nccn2-c2c(C)c(C)c(C)c(C)c2C)cc1C. The van der Waals surface area contributed by atoms with Gasteiger partial charge in [-0.1, -0.05) is 23.3 Å². The van der Waals surface area contributed by atoms with Crippen molar-refractivity contribution in [1.29, 1.82) is 0 Å². The van der Waals surface area contributed by atoms with E-state index in [4.69, 9.17) is 4.98 Å². The van der Waals surface area contributed by atoms with Crippen LogP contribution in [0.25, 0.3) is 44.6 Å². The first-order valence-electron chi connectivity index (χ1n) is 13.8. The van der Waals surface area contributed by atoms with Crippen molar-refractivity contribution < 1.29 is 0 Å². The van der Waals surface area contributed by atoms with Crippen LogP contribution in [0.4, 0.5) is 0 Å². The van der Waals surface area contributed by atoms with Crippen LogP contribution in [0.15, 0.2) is 60.9 Å². The number of aryl methyl sites for hydroxylation is 4. The molecule has 0 unspecified atom stereocenters. The molecule has 0 saturated heterocycles. The maximum Gasteiger partial charge on any atom is 0.144 e. The molecule has 0 bridgehead atoms. The molecule has 6 aromatic rings. The fraction of sp³-hybridized carbons (Fsp3) is 0.250. The van der Waals surface area contributed by atoms with E-state index in [1.54, 1.807) is 0 Å². The van der Waals surface area contributed by atoms with Gasteiger partial charge in [0, 0.05) is 34.4 Å². The van der Waals surface area contributed by atoms with Crippen LogP contribution in [-0.2, 0) is 0 Å². The van der Waals surface area contributed by atoms with Crippen LogP contribution in [0.1, 0.15) is 50.1 Å². The van der Waals surface area contributed by atoms with Gasteiger partial charge in [-0.25, -0.2) is 4.98 Å². The van der Waals surface area contributed by atoms with Crippen molar-refractivity contribution in [2.45, 2.75) is 62.3 Å². The summed E-state index contributed by atoms with van der Waals surface area (Å²) in [6.45, 7) is 20.0. The lowest BCUT2D eigenvalue weighted by atomic mass is 9.92. The van der Waals surface area contributed by atoms with Gasteiger partial charge in [0.1, 0.15) is 5.82 Å². The first-order valence-corrected chi connectivity index (χ1v) is 13.8. The lowest BCUT2D eigenvalue weighted by molar-refractivity contribution is 1.01. The second-order valence-electron chi connectivity index (χ2n) is 11.4. The van der Waals surface area contributed by atoms with Gasteiger partial charge in [-0.2, -0.15) is 0 Å². The number of fused-ring (bicyclic) bond motifs is 3. The number of hydrogen-bond acceptors (Lipinski definition) is 1. The third-order valence-corrected chi connectivity index (χ3v) is 8.89. The smallest absolute Gasteiger partial charge is 0.144 e. The average molecular weight is 512 g/mol. The van der Waals surface area contributed by atoms with Gasteiger partial charge in [0.25, 0.3) is 0 Å². The molecule has 0 amide bonds. The highest BCUT2D eigenvalue weighted by molar-refractivity contribution is 6.10. The fourth-order valence-corrected chi connectivity index (χ4v) is 6.48. The minimum Gasteiger partial charge on any atom is -0.309 e. The lowest BCUT2D eigenvalue weighted by Crippen LogP contribution is -2.07. The molecule has 0 spiro atoms. The zero-order chi connectivity index (χ0) is 27.7. The largest absolute Gasteiger partial charge is 0.309 e. The predicted molar refractivity (Wildman–Crippen MR) is 166 cm³/mol. The van der Waals surface area contributed by atoms with Crippen LogP contribution < -0.4 is 0 Å². The molecule has 4 aromatic carbocycles. The minimum atomic E-state index is 0.975. The number of aromatic nitrogens is 3. The van der Waals surface area contributed by atoms with Gasteiger partial charge in [0.05, 0.1) is 16.7 Å². The van der Waals surface area contributed by atoms with E-state index < -0.39 is 0 Å². The first kappa shape index (κ1) is 25.2. The Kier molecular flexibility index (Phi) is 5.80. The molecule has 0 aliphatic heterocycles. The molecule has 0 radical (unpaired) electrons. The van der Waals surface area contributed by atoms with Crippen molar-refractivity contribution in [1.82, 2.24) is 14.1 Å². The summed E-state index contributed by atoms with van der Waals surface area (Å²) in [5.41, 5.74) is 17.9.